The molecule has 0 radical (unpaired) electrons. The molecular weight excluding hydrogens is 731 g/mol. The van der Waals surface area contributed by atoms with E-state index in [-0.39, 0.29) is 24.9 Å². The fourth-order valence-corrected chi connectivity index (χ4v) is 7.46. The molecule has 0 rings (SSSR count). The second-order valence-corrected chi connectivity index (χ2v) is 17.0. The van der Waals surface area contributed by atoms with Gasteiger partial charge in [-0.25, -0.2) is 0 Å². The number of amides is 1. The van der Waals surface area contributed by atoms with Gasteiger partial charge >= 0.3 is 5.97 Å². The molecule has 1 amide bonds. The van der Waals surface area contributed by atoms with Gasteiger partial charge in [-0.15, -0.1) is 0 Å². The van der Waals surface area contributed by atoms with Gasteiger partial charge in [-0.1, -0.05) is 248 Å². The number of esters is 1. The molecule has 0 aliphatic heterocycles. The number of unbranched alkanes of at least 4 members (excludes halogenated alkanes) is 26. The van der Waals surface area contributed by atoms with Crippen LogP contribution in [0.5, 0.6) is 0 Å². The molecule has 3 N–H and O–H groups in total. The molecule has 59 heavy (non-hydrogen) atoms. The molecule has 3 atom stereocenters. The molecule has 0 fully saturated rings. The number of rotatable bonds is 44. The van der Waals surface area contributed by atoms with Gasteiger partial charge in [0.05, 0.1) is 25.2 Å². The van der Waals surface area contributed by atoms with E-state index in [1.165, 1.54) is 135 Å². The number of hydrogen-bond donors (Lipinski definition) is 3. The third-order valence-corrected chi connectivity index (χ3v) is 11.2. The highest BCUT2D eigenvalue weighted by Gasteiger charge is 2.24. The zero-order chi connectivity index (χ0) is 43.1. The first-order valence-electron chi connectivity index (χ1n) is 25.1. The van der Waals surface area contributed by atoms with Gasteiger partial charge in [0.2, 0.25) is 5.91 Å². The van der Waals surface area contributed by atoms with Crippen LogP contribution >= 0.6 is 0 Å². The fraction of sp³-hybridized carbons (Fsp3) is 0.774. The summed E-state index contributed by atoms with van der Waals surface area (Å²) < 4.78 is 5.89. The Morgan fingerprint density at radius 3 is 1.32 bits per heavy atom. The summed E-state index contributed by atoms with van der Waals surface area (Å²) in [6, 6.07) is -0.715. The summed E-state index contributed by atoms with van der Waals surface area (Å²) in [7, 11) is 0. The highest BCUT2D eigenvalue weighted by molar-refractivity contribution is 5.77. The van der Waals surface area contributed by atoms with E-state index in [9.17, 15) is 19.8 Å². The van der Waals surface area contributed by atoms with Gasteiger partial charge in [-0.3, -0.25) is 9.59 Å². The van der Waals surface area contributed by atoms with Crippen molar-refractivity contribution in [3.63, 3.8) is 0 Å². The van der Waals surface area contributed by atoms with Crippen molar-refractivity contribution in [3.05, 3.63) is 60.8 Å². The molecule has 0 aromatic carbocycles. The number of hydrogen-bond acceptors (Lipinski definition) is 5. The normalized spacial score (nSPS) is 13.8. The van der Waals surface area contributed by atoms with E-state index >= 15 is 0 Å². The lowest BCUT2D eigenvalue weighted by Crippen LogP contribution is -2.46. The summed E-state index contributed by atoms with van der Waals surface area (Å²) in [6.07, 6.45) is 57.1. The molecular formula is C53H95NO5. The zero-order valence-corrected chi connectivity index (χ0v) is 38.9. The lowest BCUT2D eigenvalue weighted by atomic mass is 10.0. The number of carbonyl (C=O) groups is 2. The lowest BCUT2D eigenvalue weighted by molar-refractivity contribution is -0.151. The maximum Gasteiger partial charge on any atom is 0.306 e. The first-order valence-corrected chi connectivity index (χ1v) is 25.1. The topological polar surface area (TPSA) is 95.9 Å². The van der Waals surface area contributed by atoms with Gasteiger partial charge in [0.1, 0.15) is 6.10 Å². The SMILES string of the molecule is CC/C=C/C=C/C=C\C=C/C=C/CCCC(=O)OC(CCCCCCCCCCCCCCCCCC)CC(=O)NC(CO)C(O)CCCCCCCCCCCCC. The summed E-state index contributed by atoms with van der Waals surface area (Å²) in [5.41, 5.74) is 0. The van der Waals surface area contributed by atoms with Gasteiger partial charge in [0.25, 0.3) is 0 Å². The zero-order valence-electron chi connectivity index (χ0n) is 38.9. The third-order valence-electron chi connectivity index (χ3n) is 11.2. The number of aliphatic hydroxyl groups is 2. The molecule has 0 aliphatic carbocycles. The van der Waals surface area contributed by atoms with E-state index in [4.69, 9.17) is 4.74 Å². The Morgan fingerprint density at radius 2 is 0.898 bits per heavy atom. The standard InChI is InChI=1S/C53H95NO5/c1-4-7-10-13-16-19-22-24-25-26-28-30-32-35-38-41-44-49(59-53(58)46-43-40-37-34-31-27-23-20-17-14-11-8-5-2)47-52(57)54-50(48-55)51(56)45-42-39-36-33-29-21-18-15-12-9-6-3/h8,11,14,17,20,23,27,31,34,37,49-51,55-56H,4-7,9-10,12-13,15-16,18-19,21-22,24-26,28-30,32-33,35-36,38-48H2,1-3H3,(H,54,57)/b11-8+,17-14+,23-20-,31-27-,37-34+. The summed E-state index contributed by atoms with van der Waals surface area (Å²) in [4.78, 5) is 26.1. The van der Waals surface area contributed by atoms with Crippen LogP contribution in [-0.2, 0) is 14.3 Å². The first-order chi connectivity index (χ1) is 29.0. The summed E-state index contributed by atoms with van der Waals surface area (Å²) in [5.74, 6) is -0.557. The van der Waals surface area contributed by atoms with E-state index in [0.717, 1.165) is 51.4 Å². The smallest absolute Gasteiger partial charge is 0.306 e. The first kappa shape index (κ1) is 56.6. The summed E-state index contributed by atoms with van der Waals surface area (Å²) in [6.45, 7) is 6.32. The monoisotopic (exact) mass is 826 g/mol. The van der Waals surface area contributed by atoms with Crippen molar-refractivity contribution in [1.29, 1.82) is 0 Å². The minimum absolute atomic E-state index is 0.0500. The van der Waals surface area contributed by atoms with Crippen molar-refractivity contribution in [1.82, 2.24) is 5.32 Å². The number of aliphatic hydroxyl groups excluding tert-OH is 2. The number of ether oxygens (including phenoxy) is 1. The highest BCUT2D eigenvalue weighted by Crippen LogP contribution is 2.18. The van der Waals surface area contributed by atoms with Gasteiger partial charge < -0.3 is 20.3 Å². The second-order valence-electron chi connectivity index (χ2n) is 17.0. The Kier molecular flexibility index (Phi) is 44.7. The Morgan fingerprint density at radius 1 is 0.508 bits per heavy atom. The molecule has 0 bridgehead atoms. The van der Waals surface area contributed by atoms with Crippen LogP contribution in [0.3, 0.4) is 0 Å². The van der Waals surface area contributed by atoms with E-state index in [1.54, 1.807) is 0 Å². The van der Waals surface area contributed by atoms with Crippen LogP contribution < -0.4 is 5.32 Å². The minimum Gasteiger partial charge on any atom is -0.462 e. The van der Waals surface area contributed by atoms with Crippen LogP contribution in [0, 0.1) is 0 Å². The van der Waals surface area contributed by atoms with E-state index < -0.39 is 18.2 Å². The van der Waals surface area contributed by atoms with Crippen molar-refractivity contribution in [2.24, 2.45) is 0 Å². The minimum atomic E-state index is -0.799. The van der Waals surface area contributed by atoms with Crippen LogP contribution in [0.1, 0.15) is 239 Å². The Bertz CT molecular complexity index is 1060. The van der Waals surface area contributed by atoms with Gasteiger partial charge in [-0.05, 0) is 38.5 Å². The fourth-order valence-electron chi connectivity index (χ4n) is 7.46. The molecule has 3 unspecified atom stereocenters. The van der Waals surface area contributed by atoms with E-state index in [0.29, 0.717) is 25.7 Å². The van der Waals surface area contributed by atoms with Crippen molar-refractivity contribution in [2.45, 2.75) is 257 Å². The molecule has 0 heterocycles. The van der Waals surface area contributed by atoms with Gasteiger partial charge in [0, 0.05) is 6.42 Å². The van der Waals surface area contributed by atoms with Gasteiger partial charge in [0.15, 0.2) is 0 Å². The molecule has 0 aliphatic rings. The van der Waals surface area contributed by atoms with Crippen LogP contribution in [0.2, 0.25) is 0 Å². The van der Waals surface area contributed by atoms with E-state index in [1.807, 2.05) is 48.6 Å². The summed E-state index contributed by atoms with van der Waals surface area (Å²) >= 11 is 0. The lowest BCUT2D eigenvalue weighted by Gasteiger charge is -2.24. The van der Waals surface area contributed by atoms with Crippen LogP contribution in [0.25, 0.3) is 0 Å². The molecule has 0 aromatic heterocycles. The Hall–Kier alpha value is -2.44. The molecule has 0 aromatic rings. The van der Waals surface area contributed by atoms with Crippen molar-refractivity contribution < 1.29 is 24.5 Å². The third kappa shape index (κ3) is 42.1. The average molecular weight is 826 g/mol. The van der Waals surface area contributed by atoms with E-state index in [2.05, 4.69) is 38.2 Å². The predicted octanol–water partition coefficient (Wildman–Crippen LogP) is 14.8. The number of carbonyl (C=O) groups excluding carboxylic acids is 2. The Balaban J connectivity index is 4.68. The van der Waals surface area contributed by atoms with Crippen molar-refractivity contribution >= 4 is 11.9 Å². The largest absolute Gasteiger partial charge is 0.462 e. The average Bonchev–Trinajstić information content (AvgIpc) is 3.23. The maximum absolute atomic E-state index is 13.2. The Labute approximate surface area is 365 Å². The number of nitrogens with one attached hydrogen (secondary N) is 1. The van der Waals surface area contributed by atoms with Crippen LogP contribution in [0.15, 0.2) is 60.8 Å². The maximum atomic E-state index is 13.2. The highest BCUT2D eigenvalue weighted by atomic mass is 16.5. The van der Waals surface area contributed by atoms with Crippen LogP contribution in [0.4, 0.5) is 0 Å². The van der Waals surface area contributed by atoms with Crippen LogP contribution in [-0.4, -0.2) is 46.9 Å². The second kappa shape index (κ2) is 46.6. The quantitative estimate of drug-likeness (QED) is 0.0323. The predicted molar refractivity (Wildman–Crippen MR) is 255 cm³/mol. The molecule has 6 heteroatoms. The molecule has 6 nitrogen and oxygen atoms in total. The molecule has 0 saturated carbocycles. The molecule has 0 spiro atoms. The number of allylic oxidation sites excluding steroid dienone is 10. The molecule has 342 valence electrons. The van der Waals surface area contributed by atoms with Crippen molar-refractivity contribution in [2.75, 3.05) is 6.61 Å². The van der Waals surface area contributed by atoms with Crippen molar-refractivity contribution in [3.8, 4) is 0 Å². The summed E-state index contributed by atoms with van der Waals surface area (Å²) in [5, 5.41) is 23.7. The van der Waals surface area contributed by atoms with Gasteiger partial charge in [-0.2, -0.15) is 0 Å². The molecule has 0 saturated heterocycles.